The maximum atomic E-state index is 10.9. The molecule has 1 aliphatic rings. The molecule has 0 aromatic rings. The molecule has 0 aromatic heterocycles. The maximum absolute atomic E-state index is 10.9. The lowest BCUT2D eigenvalue weighted by molar-refractivity contribution is -0.160. The van der Waals surface area contributed by atoms with Crippen molar-refractivity contribution in [2.24, 2.45) is 0 Å². The average Bonchev–Trinajstić information content (AvgIpc) is 2.19. The fraction of sp³-hybridized carbons (Fsp3) is 0.700. The van der Waals surface area contributed by atoms with Crippen LogP contribution in [0.3, 0.4) is 0 Å². The zero-order valence-electron chi connectivity index (χ0n) is 8.70. The normalized spacial score (nSPS) is 26.9. The zero-order chi connectivity index (χ0) is 10.4. The van der Waals surface area contributed by atoms with Crippen molar-refractivity contribution < 1.29 is 14.0 Å². The van der Waals surface area contributed by atoms with Gasteiger partial charge in [-0.2, -0.15) is 0 Å². The summed E-state index contributed by atoms with van der Waals surface area (Å²) >= 11 is 0. The van der Waals surface area contributed by atoms with Crippen LogP contribution in [0.5, 0.6) is 0 Å². The summed E-state index contributed by atoms with van der Waals surface area (Å²) in [6.45, 7) is 5.53. The molecule has 2 unspecified atom stereocenters. The molecular weight excluding hydrogens is 196 g/mol. The number of hydrogen-bond acceptors (Lipinski definition) is 3. The second-order valence-electron chi connectivity index (χ2n) is 3.55. The van der Waals surface area contributed by atoms with Crippen LogP contribution >= 0.6 is 0 Å². The Balaban J connectivity index is 2.32. The number of rotatable bonds is 4. The van der Waals surface area contributed by atoms with Crippen LogP contribution in [0.15, 0.2) is 12.7 Å². The van der Waals surface area contributed by atoms with Crippen molar-refractivity contribution in [2.45, 2.75) is 44.6 Å². The molecule has 0 spiro atoms. The highest BCUT2D eigenvalue weighted by molar-refractivity contribution is 6.52. The SMILES string of the molecule is C=CC(=O)OC1CCC[SiH](CCC)O1. The van der Waals surface area contributed by atoms with E-state index >= 15 is 0 Å². The molecule has 1 rings (SSSR count). The fourth-order valence-electron chi connectivity index (χ4n) is 1.66. The Hall–Kier alpha value is -0.613. The van der Waals surface area contributed by atoms with Crippen molar-refractivity contribution >= 4 is 15.0 Å². The minimum atomic E-state index is -1.07. The van der Waals surface area contributed by atoms with Gasteiger partial charge in [-0.1, -0.05) is 19.9 Å². The van der Waals surface area contributed by atoms with E-state index in [-0.39, 0.29) is 12.3 Å². The highest BCUT2D eigenvalue weighted by Crippen LogP contribution is 2.21. The van der Waals surface area contributed by atoms with E-state index < -0.39 is 9.04 Å². The summed E-state index contributed by atoms with van der Waals surface area (Å²) in [4.78, 5) is 10.9. The summed E-state index contributed by atoms with van der Waals surface area (Å²) < 4.78 is 10.8. The lowest BCUT2D eigenvalue weighted by Gasteiger charge is -2.28. The van der Waals surface area contributed by atoms with Crippen LogP contribution in [0, 0.1) is 0 Å². The third-order valence-electron chi connectivity index (χ3n) is 2.34. The second kappa shape index (κ2) is 5.98. The quantitative estimate of drug-likeness (QED) is 0.408. The Morgan fingerprint density at radius 1 is 1.79 bits per heavy atom. The fourth-order valence-corrected chi connectivity index (χ4v) is 4.18. The summed E-state index contributed by atoms with van der Waals surface area (Å²) in [5.74, 6) is -0.374. The van der Waals surface area contributed by atoms with Crippen LogP contribution in [-0.2, 0) is 14.0 Å². The van der Waals surface area contributed by atoms with Gasteiger partial charge in [0.15, 0.2) is 15.3 Å². The first kappa shape index (κ1) is 11.5. The molecule has 4 heteroatoms. The average molecular weight is 214 g/mol. The Morgan fingerprint density at radius 2 is 2.57 bits per heavy atom. The Kier molecular flexibility index (Phi) is 4.90. The number of carbonyl (C=O) groups is 1. The minimum Gasteiger partial charge on any atom is -0.434 e. The molecule has 1 aliphatic heterocycles. The van der Waals surface area contributed by atoms with Crippen molar-refractivity contribution in [3.63, 3.8) is 0 Å². The Bertz CT molecular complexity index is 204. The van der Waals surface area contributed by atoms with Gasteiger partial charge < -0.3 is 9.16 Å². The molecule has 0 saturated carbocycles. The lowest BCUT2D eigenvalue weighted by Crippen LogP contribution is -2.33. The van der Waals surface area contributed by atoms with E-state index in [1.54, 1.807) is 0 Å². The standard InChI is InChI=1S/C10H18O3Si/c1-3-7-14-8-5-6-10(13-14)12-9(11)4-2/h4,10,14H,2-3,5-8H2,1H3. The molecule has 1 fully saturated rings. The molecule has 80 valence electrons. The lowest BCUT2D eigenvalue weighted by atomic mass is 10.3. The van der Waals surface area contributed by atoms with E-state index in [9.17, 15) is 4.79 Å². The van der Waals surface area contributed by atoms with Gasteiger partial charge in [0.05, 0.1) is 0 Å². The predicted octanol–water partition coefficient (Wildman–Crippen LogP) is 1.99. The van der Waals surface area contributed by atoms with E-state index in [1.165, 1.54) is 24.6 Å². The largest absolute Gasteiger partial charge is 0.434 e. The van der Waals surface area contributed by atoms with Gasteiger partial charge in [0.1, 0.15) is 0 Å². The van der Waals surface area contributed by atoms with Crippen molar-refractivity contribution in [2.75, 3.05) is 0 Å². The van der Waals surface area contributed by atoms with Gasteiger partial charge in [-0.25, -0.2) is 4.79 Å². The van der Waals surface area contributed by atoms with Gasteiger partial charge in [0.2, 0.25) is 0 Å². The molecule has 1 heterocycles. The van der Waals surface area contributed by atoms with Crippen LogP contribution in [0.1, 0.15) is 26.2 Å². The van der Waals surface area contributed by atoms with E-state index in [1.807, 2.05) is 0 Å². The van der Waals surface area contributed by atoms with Crippen molar-refractivity contribution in [3.05, 3.63) is 12.7 Å². The molecule has 0 aromatic carbocycles. The molecule has 3 nitrogen and oxygen atoms in total. The summed E-state index contributed by atoms with van der Waals surface area (Å²) in [5.41, 5.74) is 0. The summed E-state index contributed by atoms with van der Waals surface area (Å²) in [7, 11) is -1.07. The molecule has 1 saturated heterocycles. The van der Waals surface area contributed by atoms with Crippen molar-refractivity contribution in [3.8, 4) is 0 Å². The third-order valence-corrected chi connectivity index (χ3v) is 5.30. The zero-order valence-corrected chi connectivity index (χ0v) is 9.85. The molecule has 0 amide bonds. The molecule has 0 aliphatic carbocycles. The Labute approximate surface area is 86.8 Å². The van der Waals surface area contributed by atoms with Gasteiger partial charge in [0.25, 0.3) is 0 Å². The van der Waals surface area contributed by atoms with E-state index in [2.05, 4.69) is 13.5 Å². The van der Waals surface area contributed by atoms with E-state index in [0.717, 1.165) is 12.8 Å². The van der Waals surface area contributed by atoms with E-state index in [0.29, 0.717) is 0 Å². The Morgan fingerprint density at radius 3 is 3.21 bits per heavy atom. The highest BCUT2D eigenvalue weighted by Gasteiger charge is 2.24. The van der Waals surface area contributed by atoms with Gasteiger partial charge in [0, 0.05) is 12.5 Å². The van der Waals surface area contributed by atoms with Crippen molar-refractivity contribution in [1.82, 2.24) is 0 Å². The van der Waals surface area contributed by atoms with Crippen LogP contribution in [0.4, 0.5) is 0 Å². The first-order valence-corrected chi connectivity index (χ1v) is 7.35. The third kappa shape index (κ3) is 3.63. The van der Waals surface area contributed by atoms with Gasteiger partial charge in [-0.15, -0.1) is 0 Å². The van der Waals surface area contributed by atoms with Crippen LogP contribution in [0.25, 0.3) is 0 Å². The van der Waals surface area contributed by atoms with Gasteiger partial charge >= 0.3 is 5.97 Å². The monoisotopic (exact) mass is 214 g/mol. The van der Waals surface area contributed by atoms with Crippen molar-refractivity contribution in [1.29, 1.82) is 0 Å². The molecular formula is C10H18O3Si. The van der Waals surface area contributed by atoms with E-state index in [4.69, 9.17) is 9.16 Å². The highest BCUT2D eigenvalue weighted by atomic mass is 28.3. The number of hydrogen-bond donors (Lipinski definition) is 0. The smallest absolute Gasteiger partial charge is 0.332 e. The summed E-state index contributed by atoms with van der Waals surface area (Å²) in [6, 6.07) is 2.40. The number of carbonyl (C=O) groups excluding carboxylic acids is 1. The topological polar surface area (TPSA) is 35.5 Å². The maximum Gasteiger partial charge on any atom is 0.332 e. The predicted molar refractivity (Wildman–Crippen MR) is 57.5 cm³/mol. The number of esters is 1. The first-order chi connectivity index (χ1) is 6.76. The first-order valence-electron chi connectivity index (χ1n) is 5.24. The minimum absolute atomic E-state index is 0.294. The summed E-state index contributed by atoms with van der Waals surface area (Å²) in [5, 5.41) is 0. The molecule has 0 N–H and O–H groups in total. The van der Waals surface area contributed by atoms with Gasteiger partial charge in [-0.3, -0.25) is 0 Å². The molecule has 0 bridgehead atoms. The molecule has 0 radical (unpaired) electrons. The van der Waals surface area contributed by atoms with Crippen LogP contribution < -0.4 is 0 Å². The van der Waals surface area contributed by atoms with Gasteiger partial charge in [-0.05, 0) is 18.5 Å². The number of ether oxygens (including phenoxy) is 1. The molecule has 2 atom stereocenters. The summed E-state index contributed by atoms with van der Waals surface area (Å²) in [6.07, 6.45) is 4.03. The molecule has 14 heavy (non-hydrogen) atoms. The van der Waals surface area contributed by atoms with Crippen LogP contribution in [-0.4, -0.2) is 21.3 Å². The second-order valence-corrected chi connectivity index (χ2v) is 6.22. The van der Waals surface area contributed by atoms with Crippen LogP contribution in [0.2, 0.25) is 12.1 Å².